The highest BCUT2D eigenvalue weighted by Gasteiger charge is 2.18. The SMILES string of the molecule is Cc1cc(/C=C/C#N)cc(C)c1Oc1nc(Cl)nc2nn(C)c(C)c12. The van der Waals surface area contributed by atoms with Gasteiger partial charge in [0.15, 0.2) is 5.65 Å². The number of hydrogen-bond acceptors (Lipinski definition) is 5. The minimum absolute atomic E-state index is 0.0875. The van der Waals surface area contributed by atoms with Crippen molar-refractivity contribution in [1.82, 2.24) is 19.7 Å². The molecule has 0 bridgehead atoms. The van der Waals surface area contributed by atoms with Crippen LogP contribution in [0.4, 0.5) is 0 Å². The van der Waals surface area contributed by atoms with E-state index >= 15 is 0 Å². The van der Waals surface area contributed by atoms with Gasteiger partial charge in [-0.05, 0) is 67.3 Å². The number of halogens is 1. The molecule has 0 aliphatic carbocycles. The molecule has 0 amide bonds. The first-order valence-corrected chi connectivity index (χ1v) is 8.00. The second-order valence-electron chi connectivity index (χ2n) is 5.75. The van der Waals surface area contributed by atoms with Crippen LogP contribution in [-0.4, -0.2) is 19.7 Å². The Kier molecular flexibility index (Phi) is 4.43. The second-order valence-corrected chi connectivity index (χ2v) is 6.09. The number of aromatic nitrogens is 4. The normalized spacial score (nSPS) is 11.2. The third kappa shape index (κ3) is 3.19. The largest absolute Gasteiger partial charge is 0.438 e. The molecule has 0 saturated carbocycles. The van der Waals surface area contributed by atoms with Crippen molar-refractivity contribution in [3.8, 4) is 17.7 Å². The number of ether oxygens (including phenoxy) is 1. The zero-order chi connectivity index (χ0) is 18.1. The average Bonchev–Trinajstić information content (AvgIpc) is 2.83. The molecule has 0 aliphatic rings. The number of fused-ring (bicyclic) bond motifs is 1. The maximum Gasteiger partial charge on any atom is 0.235 e. The molecule has 0 spiro atoms. The Morgan fingerprint density at radius 1 is 1.20 bits per heavy atom. The van der Waals surface area contributed by atoms with Crippen LogP contribution in [0.3, 0.4) is 0 Å². The molecular weight excluding hydrogens is 338 g/mol. The molecule has 25 heavy (non-hydrogen) atoms. The van der Waals surface area contributed by atoms with Crippen LogP contribution >= 0.6 is 11.6 Å². The minimum Gasteiger partial charge on any atom is -0.438 e. The van der Waals surface area contributed by atoms with E-state index in [9.17, 15) is 0 Å². The Balaban J connectivity index is 2.11. The molecule has 7 heteroatoms. The third-order valence-electron chi connectivity index (χ3n) is 3.95. The first kappa shape index (κ1) is 16.9. The first-order valence-electron chi connectivity index (χ1n) is 7.63. The van der Waals surface area contributed by atoms with Crippen molar-refractivity contribution in [2.24, 2.45) is 7.05 Å². The summed E-state index contributed by atoms with van der Waals surface area (Å²) in [4.78, 5) is 8.40. The van der Waals surface area contributed by atoms with Gasteiger partial charge in [0, 0.05) is 13.1 Å². The zero-order valence-corrected chi connectivity index (χ0v) is 15.1. The van der Waals surface area contributed by atoms with Crippen molar-refractivity contribution < 1.29 is 4.74 Å². The van der Waals surface area contributed by atoms with E-state index in [0.29, 0.717) is 17.3 Å². The highest BCUT2D eigenvalue weighted by atomic mass is 35.5. The molecule has 3 aromatic rings. The molecule has 0 aliphatic heterocycles. The summed E-state index contributed by atoms with van der Waals surface area (Å²) in [5, 5.41) is 13.8. The second kappa shape index (κ2) is 6.54. The van der Waals surface area contributed by atoms with E-state index in [-0.39, 0.29) is 5.28 Å². The van der Waals surface area contributed by atoms with Gasteiger partial charge in [0.1, 0.15) is 11.1 Å². The van der Waals surface area contributed by atoms with Crippen LogP contribution in [0.5, 0.6) is 11.6 Å². The van der Waals surface area contributed by atoms with E-state index in [1.165, 1.54) is 6.08 Å². The van der Waals surface area contributed by atoms with Gasteiger partial charge in [0.05, 0.1) is 11.8 Å². The Morgan fingerprint density at radius 2 is 1.88 bits per heavy atom. The maximum atomic E-state index is 8.67. The van der Waals surface area contributed by atoms with Gasteiger partial charge in [-0.2, -0.15) is 20.3 Å². The Labute approximate surface area is 150 Å². The molecule has 3 rings (SSSR count). The predicted octanol–water partition coefficient (Wildman–Crippen LogP) is 4.27. The predicted molar refractivity (Wildman–Crippen MR) is 96.7 cm³/mol. The van der Waals surface area contributed by atoms with Gasteiger partial charge in [-0.15, -0.1) is 0 Å². The Bertz CT molecular complexity index is 1020. The molecule has 0 saturated heterocycles. The molecule has 0 radical (unpaired) electrons. The molecular formula is C18H16ClN5O. The number of nitrogens with zero attached hydrogens (tertiary/aromatic N) is 5. The molecule has 1 aromatic carbocycles. The summed E-state index contributed by atoms with van der Waals surface area (Å²) in [5.74, 6) is 1.08. The number of nitriles is 1. The fourth-order valence-electron chi connectivity index (χ4n) is 2.72. The van der Waals surface area contributed by atoms with Crippen molar-refractivity contribution in [2.75, 3.05) is 0 Å². The van der Waals surface area contributed by atoms with Gasteiger partial charge >= 0.3 is 0 Å². The molecule has 126 valence electrons. The van der Waals surface area contributed by atoms with Gasteiger partial charge in [-0.1, -0.05) is 0 Å². The quantitative estimate of drug-likeness (QED) is 0.519. The highest BCUT2D eigenvalue weighted by Crippen LogP contribution is 2.34. The first-order chi connectivity index (χ1) is 11.9. The lowest BCUT2D eigenvalue weighted by molar-refractivity contribution is 0.461. The molecule has 0 atom stereocenters. The number of hydrogen-bond donors (Lipinski definition) is 0. The van der Waals surface area contributed by atoms with E-state index in [0.717, 1.165) is 27.8 Å². The van der Waals surface area contributed by atoms with Gasteiger partial charge in [-0.25, -0.2) is 0 Å². The Hall–Kier alpha value is -2.91. The summed E-state index contributed by atoms with van der Waals surface area (Å²) in [6, 6.07) is 5.89. The lowest BCUT2D eigenvalue weighted by Gasteiger charge is -2.13. The van der Waals surface area contributed by atoms with Crippen LogP contribution in [0.2, 0.25) is 5.28 Å². The van der Waals surface area contributed by atoms with Gasteiger partial charge in [0.2, 0.25) is 11.2 Å². The number of allylic oxidation sites excluding steroid dienone is 1. The van der Waals surface area contributed by atoms with Crippen LogP contribution < -0.4 is 4.74 Å². The Morgan fingerprint density at radius 3 is 2.52 bits per heavy atom. The van der Waals surface area contributed by atoms with Gasteiger partial charge < -0.3 is 4.74 Å². The summed E-state index contributed by atoms with van der Waals surface area (Å²) >= 11 is 6.02. The van der Waals surface area contributed by atoms with Crippen LogP contribution in [0.15, 0.2) is 18.2 Å². The molecule has 0 unspecified atom stereocenters. The average molecular weight is 354 g/mol. The highest BCUT2D eigenvalue weighted by molar-refractivity contribution is 6.28. The standard InChI is InChI=1S/C18H16ClN5O/c1-10-8-13(6-5-7-20)9-11(2)15(10)25-17-14-12(3)24(4)23-16(14)21-18(19)22-17/h5-6,8-9H,1-4H3/b6-5+. The van der Waals surface area contributed by atoms with E-state index in [4.69, 9.17) is 21.6 Å². The van der Waals surface area contributed by atoms with Gasteiger partial charge in [0.25, 0.3) is 0 Å². The van der Waals surface area contributed by atoms with Crippen molar-refractivity contribution >= 4 is 28.7 Å². The maximum absolute atomic E-state index is 8.67. The van der Waals surface area contributed by atoms with Crippen LogP contribution in [0, 0.1) is 32.1 Å². The van der Waals surface area contributed by atoms with Crippen LogP contribution in [0.1, 0.15) is 22.4 Å². The molecule has 2 aromatic heterocycles. The summed E-state index contributed by atoms with van der Waals surface area (Å²) in [6.07, 6.45) is 3.20. The van der Waals surface area contributed by atoms with E-state index in [2.05, 4.69) is 15.1 Å². The van der Waals surface area contributed by atoms with Crippen molar-refractivity contribution in [3.05, 3.63) is 45.9 Å². The summed E-state index contributed by atoms with van der Waals surface area (Å²) in [6.45, 7) is 5.82. The number of rotatable bonds is 3. The zero-order valence-electron chi connectivity index (χ0n) is 14.3. The lowest BCUT2D eigenvalue weighted by Crippen LogP contribution is -1.97. The summed E-state index contributed by atoms with van der Waals surface area (Å²) < 4.78 is 7.83. The lowest BCUT2D eigenvalue weighted by atomic mass is 10.1. The van der Waals surface area contributed by atoms with Crippen molar-refractivity contribution in [1.29, 1.82) is 5.26 Å². The topological polar surface area (TPSA) is 76.6 Å². The van der Waals surface area contributed by atoms with Gasteiger partial charge in [-0.3, -0.25) is 4.68 Å². The van der Waals surface area contributed by atoms with Crippen LogP contribution in [0.25, 0.3) is 17.1 Å². The van der Waals surface area contributed by atoms with Crippen molar-refractivity contribution in [3.63, 3.8) is 0 Å². The monoisotopic (exact) mass is 353 g/mol. The number of benzene rings is 1. The molecule has 6 nitrogen and oxygen atoms in total. The van der Waals surface area contributed by atoms with Crippen LogP contribution in [-0.2, 0) is 7.05 Å². The molecule has 0 fully saturated rings. The third-order valence-corrected chi connectivity index (χ3v) is 4.12. The smallest absolute Gasteiger partial charge is 0.235 e. The fourth-order valence-corrected chi connectivity index (χ4v) is 2.87. The fraction of sp³-hybridized carbons (Fsp3) is 0.222. The molecule has 2 heterocycles. The van der Waals surface area contributed by atoms with E-state index in [1.807, 2.05) is 46.0 Å². The van der Waals surface area contributed by atoms with E-state index < -0.39 is 0 Å². The van der Waals surface area contributed by atoms with Crippen molar-refractivity contribution in [2.45, 2.75) is 20.8 Å². The van der Waals surface area contributed by atoms with E-state index in [1.54, 1.807) is 10.8 Å². The minimum atomic E-state index is 0.0875. The summed E-state index contributed by atoms with van der Waals surface area (Å²) in [5.41, 5.74) is 4.20. The molecule has 0 N–H and O–H groups in total. The summed E-state index contributed by atoms with van der Waals surface area (Å²) in [7, 11) is 1.83. The number of aryl methyl sites for hydroxylation is 4.